The van der Waals surface area contributed by atoms with E-state index < -0.39 is 11.2 Å². The van der Waals surface area contributed by atoms with Crippen LogP contribution in [0.1, 0.15) is 36.0 Å². The highest BCUT2D eigenvalue weighted by molar-refractivity contribution is 6.00. The Morgan fingerprint density at radius 2 is 2.12 bits per heavy atom. The van der Waals surface area contributed by atoms with Gasteiger partial charge in [0.2, 0.25) is 0 Å². The van der Waals surface area contributed by atoms with E-state index in [0.717, 1.165) is 31.9 Å². The van der Waals surface area contributed by atoms with Crippen molar-refractivity contribution in [2.45, 2.75) is 25.7 Å². The lowest BCUT2D eigenvalue weighted by molar-refractivity contribution is 0.0809. The van der Waals surface area contributed by atoms with Crippen molar-refractivity contribution in [3.05, 3.63) is 29.8 Å². The molecule has 0 aliphatic heterocycles. The number of carbonyl (C=O) groups excluding carboxylic acids is 1. The van der Waals surface area contributed by atoms with Gasteiger partial charge >= 0.3 is 0 Å². The molecule has 16 heavy (non-hydrogen) atoms. The zero-order valence-corrected chi connectivity index (χ0v) is 9.08. The van der Waals surface area contributed by atoms with Crippen LogP contribution in [0.4, 0.5) is 4.39 Å². The van der Waals surface area contributed by atoms with Gasteiger partial charge in [0.05, 0.1) is 6.20 Å². The second kappa shape index (κ2) is 4.29. The second-order valence-electron chi connectivity index (χ2n) is 4.41. The molecule has 3 nitrogen and oxygen atoms in total. The van der Waals surface area contributed by atoms with E-state index >= 15 is 0 Å². The molecule has 2 rings (SSSR count). The van der Waals surface area contributed by atoms with Crippen molar-refractivity contribution in [3.63, 3.8) is 0 Å². The lowest BCUT2D eigenvalue weighted by atomic mass is 9.79. The number of nitrogens with zero attached hydrogens (tertiary/aromatic N) is 1. The van der Waals surface area contributed by atoms with Crippen LogP contribution in [0.25, 0.3) is 0 Å². The van der Waals surface area contributed by atoms with Crippen LogP contribution in [0.2, 0.25) is 0 Å². The van der Waals surface area contributed by atoms with Gasteiger partial charge in [0.25, 0.3) is 0 Å². The van der Waals surface area contributed by atoms with Gasteiger partial charge in [-0.15, -0.1) is 0 Å². The molecule has 0 bridgehead atoms. The van der Waals surface area contributed by atoms with E-state index in [1.54, 1.807) is 0 Å². The van der Waals surface area contributed by atoms with E-state index in [-0.39, 0.29) is 5.78 Å². The summed E-state index contributed by atoms with van der Waals surface area (Å²) >= 11 is 0. The Morgan fingerprint density at radius 3 is 2.69 bits per heavy atom. The molecule has 0 aromatic carbocycles. The average Bonchev–Trinajstić information content (AvgIpc) is 2.78. The number of pyridine rings is 1. The third-order valence-electron chi connectivity index (χ3n) is 3.40. The Kier molecular flexibility index (Phi) is 3.01. The van der Waals surface area contributed by atoms with E-state index in [9.17, 15) is 9.18 Å². The van der Waals surface area contributed by atoms with Crippen molar-refractivity contribution < 1.29 is 9.18 Å². The lowest BCUT2D eigenvalue weighted by Gasteiger charge is -2.25. The molecule has 0 atom stereocenters. The quantitative estimate of drug-likeness (QED) is 0.795. The fraction of sp³-hybridized carbons (Fsp3) is 0.500. The van der Waals surface area contributed by atoms with E-state index in [4.69, 9.17) is 5.73 Å². The molecular weight excluding hydrogens is 207 g/mol. The van der Waals surface area contributed by atoms with Crippen LogP contribution >= 0.6 is 0 Å². The molecule has 1 fully saturated rings. The maximum Gasteiger partial charge on any atom is 0.171 e. The highest BCUT2D eigenvalue weighted by Gasteiger charge is 2.40. The normalized spacial score (nSPS) is 18.6. The predicted molar refractivity (Wildman–Crippen MR) is 58.5 cm³/mol. The van der Waals surface area contributed by atoms with Gasteiger partial charge in [0.15, 0.2) is 5.78 Å². The number of halogens is 1. The first-order valence-electron chi connectivity index (χ1n) is 5.53. The van der Waals surface area contributed by atoms with Crippen LogP contribution in [0, 0.1) is 11.2 Å². The van der Waals surface area contributed by atoms with Gasteiger partial charge in [0.1, 0.15) is 5.82 Å². The standard InChI is InChI=1S/C12H15FN2O/c13-10-5-9(6-15-7-10)11(16)12(8-14)3-1-2-4-12/h5-7H,1-4,8,14H2. The fourth-order valence-electron chi connectivity index (χ4n) is 2.42. The molecule has 0 amide bonds. The van der Waals surface area contributed by atoms with E-state index in [1.165, 1.54) is 12.3 Å². The molecule has 2 N–H and O–H groups in total. The minimum absolute atomic E-state index is 0.0560. The number of carbonyl (C=O) groups is 1. The molecule has 1 aromatic rings. The number of ketones is 1. The molecule has 1 aromatic heterocycles. The number of rotatable bonds is 3. The molecule has 1 heterocycles. The maximum absolute atomic E-state index is 13.0. The Balaban J connectivity index is 2.30. The Labute approximate surface area is 93.9 Å². The maximum atomic E-state index is 13.0. The van der Waals surface area contributed by atoms with Crippen molar-refractivity contribution in [1.82, 2.24) is 4.98 Å². The molecule has 0 spiro atoms. The molecule has 0 saturated heterocycles. The van der Waals surface area contributed by atoms with Gasteiger partial charge in [-0.2, -0.15) is 0 Å². The summed E-state index contributed by atoms with van der Waals surface area (Å²) in [4.78, 5) is 16.0. The first kappa shape index (κ1) is 11.2. The second-order valence-corrected chi connectivity index (χ2v) is 4.41. The molecule has 1 aliphatic rings. The van der Waals surface area contributed by atoms with Crippen molar-refractivity contribution >= 4 is 5.78 Å². The Morgan fingerprint density at radius 1 is 1.44 bits per heavy atom. The van der Waals surface area contributed by atoms with E-state index in [1.807, 2.05) is 0 Å². The van der Waals surface area contributed by atoms with Crippen molar-refractivity contribution in [2.24, 2.45) is 11.1 Å². The summed E-state index contributed by atoms with van der Waals surface area (Å²) in [5.74, 6) is -0.532. The Bertz CT molecular complexity index is 400. The van der Waals surface area contributed by atoms with E-state index in [0.29, 0.717) is 12.1 Å². The molecule has 1 aliphatic carbocycles. The monoisotopic (exact) mass is 222 g/mol. The predicted octanol–water partition coefficient (Wildman–Crippen LogP) is 1.92. The number of hydrogen-bond donors (Lipinski definition) is 1. The van der Waals surface area contributed by atoms with Gasteiger partial charge in [0, 0.05) is 23.7 Å². The van der Waals surface area contributed by atoms with Crippen LogP contribution in [0.15, 0.2) is 18.5 Å². The van der Waals surface area contributed by atoms with Crippen LogP contribution in [0.5, 0.6) is 0 Å². The van der Waals surface area contributed by atoms with Crippen LogP contribution < -0.4 is 5.73 Å². The van der Waals surface area contributed by atoms with Gasteiger partial charge in [-0.05, 0) is 18.9 Å². The van der Waals surface area contributed by atoms with E-state index in [2.05, 4.69) is 4.98 Å². The number of nitrogens with two attached hydrogens (primary N) is 1. The SMILES string of the molecule is NCC1(C(=O)c2cncc(F)c2)CCCC1. The summed E-state index contributed by atoms with van der Waals surface area (Å²) in [6.07, 6.45) is 6.16. The third kappa shape index (κ3) is 1.85. The van der Waals surface area contributed by atoms with Crippen LogP contribution in [-0.2, 0) is 0 Å². The topological polar surface area (TPSA) is 56.0 Å². The average molecular weight is 222 g/mol. The zero-order chi connectivity index (χ0) is 11.6. The van der Waals surface area contributed by atoms with Crippen molar-refractivity contribution in [2.75, 3.05) is 6.54 Å². The highest BCUT2D eigenvalue weighted by atomic mass is 19.1. The van der Waals surface area contributed by atoms with Crippen molar-refractivity contribution in [3.8, 4) is 0 Å². The lowest BCUT2D eigenvalue weighted by Crippen LogP contribution is -2.36. The zero-order valence-electron chi connectivity index (χ0n) is 9.08. The molecule has 1 saturated carbocycles. The Hall–Kier alpha value is -1.29. The summed E-state index contributed by atoms with van der Waals surface area (Å²) in [6, 6.07) is 1.24. The fourth-order valence-corrected chi connectivity index (χ4v) is 2.42. The molecule has 4 heteroatoms. The molecule has 86 valence electrons. The molecule has 0 unspecified atom stereocenters. The summed E-state index contributed by atoms with van der Waals surface area (Å²) in [5.41, 5.74) is 5.57. The molecule has 0 radical (unpaired) electrons. The summed E-state index contributed by atoms with van der Waals surface area (Å²) in [5, 5.41) is 0. The largest absolute Gasteiger partial charge is 0.329 e. The smallest absolute Gasteiger partial charge is 0.171 e. The van der Waals surface area contributed by atoms with Gasteiger partial charge in [-0.25, -0.2) is 4.39 Å². The van der Waals surface area contributed by atoms with Gasteiger partial charge in [-0.1, -0.05) is 12.8 Å². The number of hydrogen-bond acceptors (Lipinski definition) is 3. The minimum atomic E-state index is -0.477. The summed E-state index contributed by atoms with van der Waals surface area (Å²) in [6.45, 7) is 0.336. The highest BCUT2D eigenvalue weighted by Crippen LogP contribution is 2.39. The summed E-state index contributed by atoms with van der Waals surface area (Å²) in [7, 11) is 0. The van der Waals surface area contributed by atoms with Gasteiger partial charge in [-0.3, -0.25) is 9.78 Å². The molecular formula is C12H15FN2O. The first-order chi connectivity index (χ1) is 7.68. The van der Waals surface area contributed by atoms with Crippen molar-refractivity contribution in [1.29, 1.82) is 0 Å². The van der Waals surface area contributed by atoms with Crippen LogP contribution in [0.3, 0.4) is 0 Å². The summed E-state index contributed by atoms with van der Waals surface area (Å²) < 4.78 is 13.0. The number of aromatic nitrogens is 1. The minimum Gasteiger partial charge on any atom is -0.329 e. The number of Topliss-reactive ketones (excluding diaryl/α,β-unsaturated/α-hetero) is 1. The third-order valence-corrected chi connectivity index (χ3v) is 3.40. The van der Waals surface area contributed by atoms with Crippen LogP contribution in [-0.4, -0.2) is 17.3 Å². The first-order valence-corrected chi connectivity index (χ1v) is 5.53. The van der Waals surface area contributed by atoms with Gasteiger partial charge < -0.3 is 5.73 Å².